The molecule has 14 heavy (non-hydrogen) atoms. The van der Waals surface area contributed by atoms with E-state index in [0.717, 1.165) is 24.0 Å². The van der Waals surface area contributed by atoms with E-state index in [1.165, 1.54) is 32.4 Å². The van der Waals surface area contributed by atoms with Crippen LogP contribution in [0, 0.1) is 5.92 Å². The molecule has 1 N–H and O–H groups in total. The predicted molar refractivity (Wildman–Crippen MR) is 60.4 cm³/mol. The van der Waals surface area contributed by atoms with Crippen molar-refractivity contribution in [2.24, 2.45) is 5.92 Å². The Morgan fingerprint density at radius 2 is 2.07 bits per heavy atom. The summed E-state index contributed by atoms with van der Waals surface area (Å²) in [5, 5.41) is 3.62. The van der Waals surface area contributed by atoms with Crippen molar-refractivity contribution in [2.45, 2.75) is 58.2 Å². The first-order valence-corrected chi connectivity index (χ1v) is 6.25. The lowest BCUT2D eigenvalue weighted by Gasteiger charge is -2.39. The Labute approximate surface area is 88.1 Å². The molecule has 1 saturated heterocycles. The average Bonchev–Trinajstić information content (AvgIpc) is 2.98. The van der Waals surface area contributed by atoms with Crippen molar-refractivity contribution in [3.63, 3.8) is 0 Å². The van der Waals surface area contributed by atoms with Crippen LogP contribution in [-0.4, -0.2) is 36.1 Å². The van der Waals surface area contributed by atoms with E-state index >= 15 is 0 Å². The number of rotatable bonds is 3. The number of hydrogen-bond donors (Lipinski definition) is 1. The Morgan fingerprint density at radius 3 is 2.64 bits per heavy atom. The smallest absolute Gasteiger partial charge is 0.0196 e. The molecular formula is C12H24N2. The van der Waals surface area contributed by atoms with Gasteiger partial charge in [-0.05, 0) is 25.7 Å². The SMILES string of the molecule is CCC1CN(C2CC2CC)C(C)CN1. The molecule has 1 aliphatic carbocycles. The molecule has 4 atom stereocenters. The Bertz CT molecular complexity index is 193. The minimum atomic E-state index is 0.740. The van der Waals surface area contributed by atoms with Crippen molar-refractivity contribution >= 4 is 0 Å². The van der Waals surface area contributed by atoms with Crippen LogP contribution in [0.25, 0.3) is 0 Å². The summed E-state index contributed by atoms with van der Waals surface area (Å²) in [7, 11) is 0. The molecular weight excluding hydrogens is 172 g/mol. The van der Waals surface area contributed by atoms with Crippen molar-refractivity contribution in [3.05, 3.63) is 0 Å². The molecule has 2 nitrogen and oxygen atoms in total. The summed E-state index contributed by atoms with van der Waals surface area (Å²) in [6.45, 7) is 9.44. The van der Waals surface area contributed by atoms with Gasteiger partial charge in [0.05, 0.1) is 0 Å². The fraction of sp³-hybridized carbons (Fsp3) is 1.00. The second kappa shape index (κ2) is 4.19. The third-order valence-corrected chi connectivity index (χ3v) is 4.03. The third kappa shape index (κ3) is 1.96. The second-order valence-corrected chi connectivity index (χ2v) is 5.03. The van der Waals surface area contributed by atoms with E-state index in [2.05, 4.69) is 31.0 Å². The van der Waals surface area contributed by atoms with E-state index in [1.54, 1.807) is 0 Å². The highest BCUT2D eigenvalue weighted by molar-refractivity contribution is 4.99. The van der Waals surface area contributed by atoms with Gasteiger partial charge in [-0.25, -0.2) is 0 Å². The van der Waals surface area contributed by atoms with Gasteiger partial charge in [0.15, 0.2) is 0 Å². The maximum atomic E-state index is 3.62. The monoisotopic (exact) mass is 196 g/mol. The first-order chi connectivity index (χ1) is 6.76. The second-order valence-electron chi connectivity index (χ2n) is 5.03. The van der Waals surface area contributed by atoms with Crippen molar-refractivity contribution < 1.29 is 0 Å². The molecule has 0 aromatic rings. The van der Waals surface area contributed by atoms with Gasteiger partial charge in [-0.1, -0.05) is 20.3 Å². The van der Waals surface area contributed by atoms with E-state index in [4.69, 9.17) is 0 Å². The van der Waals surface area contributed by atoms with Crippen LogP contribution in [0.2, 0.25) is 0 Å². The Kier molecular flexibility index (Phi) is 3.13. The molecule has 0 spiro atoms. The first-order valence-electron chi connectivity index (χ1n) is 6.25. The third-order valence-electron chi connectivity index (χ3n) is 4.03. The predicted octanol–water partition coefficient (Wildman–Crippen LogP) is 1.86. The lowest BCUT2D eigenvalue weighted by atomic mass is 10.1. The summed E-state index contributed by atoms with van der Waals surface area (Å²) in [5.41, 5.74) is 0. The average molecular weight is 196 g/mol. The summed E-state index contributed by atoms with van der Waals surface area (Å²) in [6.07, 6.45) is 4.10. The number of piperazine rings is 1. The standard InChI is InChI=1S/C12H24N2/c1-4-10-6-12(10)14-8-11(5-2)13-7-9(14)3/h9-13H,4-8H2,1-3H3. The maximum Gasteiger partial charge on any atom is 0.0196 e. The summed E-state index contributed by atoms with van der Waals surface area (Å²) in [4.78, 5) is 2.75. The van der Waals surface area contributed by atoms with Gasteiger partial charge in [0.25, 0.3) is 0 Å². The van der Waals surface area contributed by atoms with Gasteiger partial charge in [0, 0.05) is 31.2 Å². The highest BCUT2D eigenvalue weighted by Crippen LogP contribution is 2.39. The molecule has 0 aromatic carbocycles. The Balaban J connectivity index is 1.89. The summed E-state index contributed by atoms with van der Waals surface area (Å²) in [6, 6.07) is 2.41. The molecule has 2 rings (SSSR count). The van der Waals surface area contributed by atoms with E-state index in [9.17, 15) is 0 Å². The van der Waals surface area contributed by atoms with Crippen molar-refractivity contribution in [1.29, 1.82) is 0 Å². The van der Waals surface area contributed by atoms with Crippen molar-refractivity contribution in [3.8, 4) is 0 Å². The fourth-order valence-corrected chi connectivity index (χ4v) is 2.77. The van der Waals surface area contributed by atoms with Gasteiger partial charge >= 0.3 is 0 Å². The number of nitrogens with zero attached hydrogens (tertiary/aromatic N) is 1. The van der Waals surface area contributed by atoms with Crippen LogP contribution in [0.1, 0.15) is 40.0 Å². The summed E-state index contributed by atoms with van der Waals surface area (Å²) in [5.74, 6) is 1.01. The quantitative estimate of drug-likeness (QED) is 0.741. The molecule has 2 heteroatoms. The largest absolute Gasteiger partial charge is 0.311 e. The minimum absolute atomic E-state index is 0.740. The van der Waals surface area contributed by atoms with Crippen LogP contribution in [-0.2, 0) is 0 Å². The van der Waals surface area contributed by atoms with E-state index in [-0.39, 0.29) is 0 Å². The zero-order chi connectivity index (χ0) is 10.1. The van der Waals surface area contributed by atoms with E-state index in [0.29, 0.717) is 0 Å². The lowest BCUT2D eigenvalue weighted by molar-refractivity contribution is 0.124. The summed E-state index contributed by atoms with van der Waals surface area (Å²) >= 11 is 0. The molecule has 1 saturated carbocycles. The number of hydrogen-bond acceptors (Lipinski definition) is 2. The van der Waals surface area contributed by atoms with Gasteiger partial charge in [0.1, 0.15) is 0 Å². The van der Waals surface area contributed by atoms with E-state index in [1.807, 2.05) is 0 Å². The topological polar surface area (TPSA) is 15.3 Å². The highest BCUT2D eigenvalue weighted by atomic mass is 15.3. The van der Waals surface area contributed by atoms with Gasteiger partial charge in [-0.3, -0.25) is 4.90 Å². The molecule has 4 unspecified atom stereocenters. The minimum Gasteiger partial charge on any atom is -0.311 e. The van der Waals surface area contributed by atoms with Gasteiger partial charge in [-0.15, -0.1) is 0 Å². The van der Waals surface area contributed by atoms with E-state index < -0.39 is 0 Å². The van der Waals surface area contributed by atoms with Crippen LogP contribution < -0.4 is 5.32 Å². The molecule has 2 aliphatic rings. The number of nitrogens with one attached hydrogen (secondary N) is 1. The summed E-state index contributed by atoms with van der Waals surface area (Å²) < 4.78 is 0. The normalized spacial score (nSPS) is 43.9. The zero-order valence-electron chi connectivity index (χ0n) is 9.79. The van der Waals surface area contributed by atoms with Crippen LogP contribution in [0.15, 0.2) is 0 Å². The molecule has 0 amide bonds. The molecule has 1 aliphatic heterocycles. The van der Waals surface area contributed by atoms with Crippen LogP contribution >= 0.6 is 0 Å². The molecule has 2 fully saturated rings. The lowest BCUT2D eigenvalue weighted by Crippen LogP contribution is -2.56. The van der Waals surface area contributed by atoms with Crippen molar-refractivity contribution in [2.75, 3.05) is 13.1 Å². The Morgan fingerprint density at radius 1 is 1.29 bits per heavy atom. The van der Waals surface area contributed by atoms with Crippen LogP contribution in [0.4, 0.5) is 0 Å². The molecule has 0 radical (unpaired) electrons. The zero-order valence-corrected chi connectivity index (χ0v) is 9.79. The molecule has 82 valence electrons. The first kappa shape index (κ1) is 10.4. The van der Waals surface area contributed by atoms with Crippen molar-refractivity contribution in [1.82, 2.24) is 10.2 Å². The fourth-order valence-electron chi connectivity index (χ4n) is 2.77. The van der Waals surface area contributed by atoms with Crippen LogP contribution in [0.3, 0.4) is 0 Å². The van der Waals surface area contributed by atoms with Gasteiger partial charge in [-0.2, -0.15) is 0 Å². The highest BCUT2D eigenvalue weighted by Gasteiger charge is 2.43. The van der Waals surface area contributed by atoms with Gasteiger partial charge < -0.3 is 5.32 Å². The van der Waals surface area contributed by atoms with Gasteiger partial charge in [0.2, 0.25) is 0 Å². The molecule has 1 heterocycles. The Hall–Kier alpha value is -0.0800. The van der Waals surface area contributed by atoms with Crippen LogP contribution in [0.5, 0.6) is 0 Å². The molecule has 0 bridgehead atoms. The maximum absolute atomic E-state index is 3.62. The molecule has 0 aromatic heterocycles.